The molecule has 0 aliphatic rings. The zero-order chi connectivity index (χ0) is 16.7. The molecule has 0 spiro atoms. The molecule has 3 N–H and O–H groups in total. The van der Waals surface area contributed by atoms with Crippen molar-refractivity contribution in [1.82, 2.24) is 10.6 Å². The Morgan fingerprint density at radius 2 is 2.22 bits per heavy atom. The van der Waals surface area contributed by atoms with Crippen molar-refractivity contribution in [1.29, 1.82) is 0 Å². The largest absolute Gasteiger partial charge is 0.492 e. The molecule has 2 aromatic rings. The molecular weight excluding hydrogens is 319 g/mol. The molecule has 7 heteroatoms. The summed E-state index contributed by atoms with van der Waals surface area (Å²) in [5.74, 6) is 0.0384. The van der Waals surface area contributed by atoms with Gasteiger partial charge in [0, 0.05) is 6.07 Å². The van der Waals surface area contributed by atoms with Crippen LogP contribution in [0.1, 0.15) is 12.5 Å². The highest BCUT2D eigenvalue weighted by atomic mass is 32.1. The third-order valence-electron chi connectivity index (χ3n) is 3.19. The second-order valence-corrected chi connectivity index (χ2v) is 5.98. The highest BCUT2D eigenvalue weighted by Crippen LogP contribution is 2.21. The molecule has 23 heavy (non-hydrogen) atoms. The molecule has 1 heterocycles. The van der Waals surface area contributed by atoms with Crippen LogP contribution in [-0.4, -0.2) is 30.8 Å². The Morgan fingerprint density at radius 3 is 2.91 bits per heavy atom. The number of nitrogens with one attached hydrogen (secondary N) is 2. The lowest BCUT2D eigenvalue weighted by molar-refractivity contribution is 0.0598. The number of carbonyl (C=O) groups is 1. The minimum absolute atomic E-state index is 0.0975. The van der Waals surface area contributed by atoms with Gasteiger partial charge in [-0.05, 0) is 41.4 Å². The molecular formula is C16H19FN2O3S. The van der Waals surface area contributed by atoms with Crippen molar-refractivity contribution in [2.75, 3.05) is 19.7 Å². The summed E-state index contributed by atoms with van der Waals surface area (Å²) in [5, 5.41) is 19.2. The minimum Gasteiger partial charge on any atom is -0.492 e. The van der Waals surface area contributed by atoms with E-state index in [2.05, 4.69) is 10.6 Å². The predicted molar refractivity (Wildman–Crippen MR) is 87.2 cm³/mol. The first kappa shape index (κ1) is 17.2. The van der Waals surface area contributed by atoms with Crippen LogP contribution >= 0.6 is 11.3 Å². The molecule has 1 aromatic carbocycles. The van der Waals surface area contributed by atoms with E-state index < -0.39 is 11.6 Å². The molecule has 0 unspecified atom stereocenters. The number of benzene rings is 1. The van der Waals surface area contributed by atoms with Gasteiger partial charge in [-0.1, -0.05) is 6.07 Å². The van der Waals surface area contributed by atoms with Crippen molar-refractivity contribution in [3.05, 3.63) is 52.5 Å². The zero-order valence-electron chi connectivity index (χ0n) is 12.7. The van der Waals surface area contributed by atoms with Crippen LogP contribution in [0.25, 0.3) is 0 Å². The maximum atomic E-state index is 13.0. The van der Waals surface area contributed by atoms with Crippen LogP contribution in [0, 0.1) is 5.82 Å². The Morgan fingerprint density at radius 1 is 1.39 bits per heavy atom. The lowest BCUT2D eigenvalue weighted by atomic mass is 9.99. The van der Waals surface area contributed by atoms with Crippen LogP contribution in [0.15, 0.2) is 41.1 Å². The monoisotopic (exact) mass is 338 g/mol. The van der Waals surface area contributed by atoms with E-state index in [1.165, 1.54) is 23.5 Å². The van der Waals surface area contributed by atoms with Crippen LogP contribution in [0.3, 0.4) is 0 Å². The summed E-state index contributed by atoms with van der Waals surface area (Å²) in [6.45, 7) is 2.23. The molecule has 0 aliphatic carbocycles. The maximum Gasteiger partial charge on any atom is 0.315 e. The van der Waals surface area contributed by atoms with Gasteiger partial charge < -0.3 is 20.5 Å². The van der Waals surface area contributed by atoms with E-state index in [0.717, 1.165) is 5.56 Å². The van der Waals surface area contributed by atoms with Crippen molar-refractivity contribution in [3.8, 4) is 5.75 Å². The van der Waals surface area contributed by atoms with Crippen LogP contribution in [0.5, 0.6) is 5.75 Å². The number of aliphatic hydroxyl groups is 1. The highest BCUT2D eigenvalue weighted by Gasteiger charge is 2.23. The van der Waals surface area contributed by atoms with Crippen molar-refractivity contribution in [2.45, 2.75) is 12.5 Å². The summed E-state index contributed by atoms with van der Waals surface area (Å²) >= 11 is 1.48. The first-order valence-corrected chi connectivity index (χ1v) is 8.07. The summed E-state index contributed by atoms with van der Waals surface area (Å²) in [6, 6.07) is 7.22. The number of carbonyl (C=O) groups excluding carboxylic acids is 1. The van der Waals surface area contributed by atoms with Gasteiger partial charge in [0.2, 0.25) is 0 Å². The van der Waals surface area contributed by atoms with Crippen molar-refractivity contribution >= 4 is 17.4 Å². The van der Waals surface area contributed by atoms with E-state index in [0.29, 0.717) is 5.75 Å². The fourth-order valence-electron chi connectivity index (χ4n) is 1.88. The number of thiophene rings is 1. The minimum atomic E-state index is -1.12. The SMILES string of the molecule is C[C@](O)(CNC(=O)NCCOc1cccc(F)c1)c1ccsc1. The lowest BCUT2D eigenvalue weighted by Gasteiger charge is -2.22. The average molecular weight is 338 g/mol. The van der Waals surface area contributed by atoms with Crippen LogP contribution in [0.2, 0.25) is 0 Å². The van der Waals surface area contributed by atoms with E-state index in [1.807, 2.05) is 16.8 Å². The standard InChI is InChI=1S/C16H19FN2O3S/c1-16(21,12-5-8-23-10-12)11-19-15(20)18-6-7-22-14-4-2-3-13(17)9-14/h2-5,8-10,21H,6-7,11H2,1H3,(H2,18,19,20)/t16-/m0/s1. The summed E-state index contributed by atoms with van der Waals surface area (Å²) < 4.78 is 18.3. The van der Waals surface area contributed by atoms with Gasteiger partial charge in [-0.25, -0.2) is 9.18 Å². The number of rotatable bonds is 7. The molecule has 0 bridgehead atoms. The van der Waals surface area contributed by atoms with E-state index in [9.17, 15) is 14.3 Å². The van der Waals surface area contributed by atoms with Gasteiger partial charge in [0.15, 0.2) is 0 Å². The fraction of sp³-hybridized carbons (Fsp3) is 0.312. The molecule has 0 fully saturated rings. The number of halogens is 1. The summed E-state index contributed by atoms with van der Waals surface area (Å²) in [7, 11) is 0. The summed E-state index contributed by atoms with van der Waals surface area (Å²) in [5.41, 5.74) is -0.354. The number of amides is 2. The Kier molecular flexibility index (Phi) is 5.95. The first-order valence-electron chi connectivity index (χ1n) is 7.12. The molecule has 2 amide bonds. The molecule has 0 saturated heterocycles. The zero-order valence-corrected chi connectivity index (χ0v) is 13.5. The summed E-state index contributed by atoms with van der Waals surface area (Å²) in [4.78, 5) is 11.7. The number of ether oxygens (including phenoxy) is 1. The Hall–Kier alpha value is -2.12. The molecule has 1 atom stereocenters. The van der Waals surface area contributed by atoms with Crippen molar-refractivity contribution < 1.29 is 19.0 Å². The first-order chi connectivity index (χ1) is 11.0. The predicted octanol–water partition coefficient (Wildman–Crippen LogP) is 2.47. The number of urea groups is 1. The van der Waals surface area contributed by atoms with Gasteiger partial charge in [-0.2, -0.15) is 11.3 Å². The fourth-order valence-corrected chi connectivity index (χ4v) is 2.66. The van der Waals surface area contributed by atoms with Gasteiger partial charge in [-0.3, -0.25) is 0 Å². The van der Waals surface area contributed by atoms with Gasteiger partial charge in [0.05, 0.1) is 13.1 Å². The van der Waals surface area contributed by atoms with Gasteiger partial charge >= 0.3 is 6.03 Å². The Bertz CT molecular complexity index is 632. The second kappa shape index (κ2) is 7.94. The summed E-state index contributed by atoms with van der Waals surface area (Å²) in [6.07, 6.45) is 0. The molecule has 1 aromatic heterocycles. The van der Waals surface area contributed by atoms with Gasteiger partial charge in [-0.15, -0.1) is 0 Å². The Labute approximate surface area is 138 Å². The van der Waals surface area contributed by atoms with Crippen LogP contribution < -0.4 is 15.4 Å². The third-order valence-corrected chi connectivity index (χ3v) is 3.87. The van der Waals surface area contributed by atoms with Crippen LogP contribution in [-0.2, 0) is 5.60 Å². The van der Waals surface area contributed by atoms with E-state index in [-0.39, 0.29) is 25.5 Å². The number of hydrogen-bond acceptors (Lipinski definition) is 4. The second-order valence-electron chi connectivity index (χ2n) is 5.20. The quantitative estimate of drug-likeness (QED) is 0.679. The molecule has 5 nitrogen and oxygen atoms in total. The molecule has 0 aliphatic heterocycles. The van der Waals surface area contributed by atoms with Crippen molar-refractivity contribution in [3.63, 3.8) is 0 Å². The molecule has 124 valence electrons. The molecule has 2 rings (SSSR count). The maximum absolute atomic E-state index is 13.0. The van der Waals surface area contributed by atoms with Crippen molar-refractivity contribution in [2.24, 2.45) is 0 Å². The third kappa shape index (κ3) is 5.54. The highest BCUT2D eigenvalue weighted by molar-refractivity contribution is 7.08. The smallest absolute Gasteiger partial charge is 0.315 e. The normalized spacial score (nSPS) is 13.2. The van der Waals surface area contributed by atoms with Crippen LogP contribution in [0.4, 0.5) is 9.18 Å². The number of hydrogen-bond donors (Lipinski definition) is 3. The Balaban J connectivity index is 1.65. The lowest BCUT2D eigenvalue weighted by Crippen LogP contribution is -2.44. The molecule has 0 saturated carbocycles. The van der Waals surface area contributed by atoms with Gasteiger partial charge in [0.25, 0.3) is 0 Å². The average Bonchev–Trinajstić information content (AvgIpc) is 3.05. The topological polar surface area (TPSA) is 70.6 Å². The van der Waals surface area contributed by atoms with E-state index in [1.54, 1.807) is 19.1 Å². The van der Waals surface area contributed by atoms with E-state index in [4.69, 9.17) is 4.74 Å². The van der Waals surface area contributed by atoms with Gasteiger partial charge in [0.1, 0.15) is 23.8 Å². The molecule has 0 radical (unpaired) electrons. The van der Waals surface area contributed by atoms with E-state index >= 15 is 0 Å².